The summed E-state index contributed by atoms with van der Waals surface area (Å²) in [5, 5.41) is 0. The van der Waals surface area contributed by atoms with Crippen molar-refractivity contribution in [3.63, 3.8) is 0 Å². The zero-order chi connectivity index (χ0) is 23.0. The highest BCUT2D eigenvalue weighted by Gasteiger charge is 2.61. The summed E-state index contributed by atoms with van der Waals surface area (Å²) in [5.41, 5.74) is -0.792. The fourth-order valence-electron chi connectivity index (χ4n) is 3.98. The van der Waals surface area contributed by atoms with Crippen molar-refractivity contribution < 1.29 is 28.6 Å². The monoisotopic (exact) mass is 424 g/mol. The molecule has 0 radical (unpaired) electrons. The van der Waals surface area contributed by atoms with Gasteiger partial charge in [-0.1, -0.05) is 48.5 Å². The lowest BCUT2D eigenvalue weighted by Crippen LogP contribution is -2.55. The first-order chi connectivity index (χ1) is 14.4. The molecule has 1 aliphatic rings. The average Bonchev–Trinajstić information content (AvgIpc) is 2.95. The first-order valence-corrected chi connectivity index (χ1v) is 10.2. The van der Waals surface area contributed by atoms with Crippen LogP contribution in [0, 0.1) is 0 Å². The van der Waals surface area contributed by atoms with Crippen molar-refractivity contribution in [1.29, 1.82) is 0 Å². The molecule has 1 aliphatic carbocycles. The van der Waals surface area contributed by atoms with Gasteiger partial charge in [0, 0.05) is 0 Å². The minimum Gasteiger partial charge on any atom is -0.459 e. The third kappa shape index (κ3) is 4.07. The van der Waals surface area contributed by atoms with Gasteiger partial charge in [-0.2, -0.15) is 0 Å². The molecule has 1 atom stereocenters. The number of fused-ring (bicyclic) bond motifs is 3. The maximum Gasteiger partial charge on any atom is 0.349 e. The van der Waals surface area contributed by atoms with Crippen molar-refractivity contribution in [2.45, 2.75) is 64.3 Å². The number of hydrogen-bond acceptors (Lipinski definition) is 6. The largest absolute Gasteiger partial charge is 0.459 e. The second kappa shape index (κ2) is 7.84. The third-order valence-electron chi connectivity index (χ3n) is 4.92. The van der Waals surface area contributed by atoms with E-state index in [2.05, 4.69) is 0 Å². The number of carbonyl (C=O) groups is 3. The Hall–Kier alpha value is -3.15. The number of benzene rings is 2. The molecule has 0 heterocycles. The highest BCUT2D eigenvalue weighted by atomic mass is 16.6. The predicted octanol–water partition coefficient (Wildman–Crippen LogP) is 4.18. The van der Waals surface area contributed by atoms with Gasteiger partial charge >= 0.3 is 11.9 Å². The zero-order valence-electron chi connectivity index (χ0n) is 18.7. The van der Waals surface area contributed by atoms with Crippen molar-refractivity contribution in [3.05, 3.63) is 59.7 Å². The summed E-state index contributed by atoms with van der Waals surface area (Å²) < 4.78 is 16.7. The topological polar surface area (TPSA) is 78.9 Å². The Kier molecular flexibility index (Phi) is 5.70. The molecule has 164 valence electrons. The molecule has 0 saturated carbocycles. The van der Waals surface area contributed by atoms with Gasteiger partial charge in [0.05, 0.1) is 0 Å². The number of ether oxygens (including phenoxy) is 3. The van der Waals surface area contributed by atoms with Crippen LogP contribution < -0.4 is 0 Å². The van der Waals surface area contributed by atoms with E-state index in [1.807, 2.05) is 24.3 Å². The highest BCUT2D eigenvalue weighted by molar-refractivity contribution is 6.03. The van der Waals surface area contributed by atoms with Crippen LogP contribution in [-0.4, -0.2) is 35.7 Å². The molecule has 0 bridgehead atoms. The molecule has 2 aromatic rings. The Morgan fingerprint density at radius 2 is 1.26 bits per heavy atom. The van der Waals surface area contributed by atoms with Crippen molar-refractivity contribution >= 4 is 18.4 Å². The Bertz CT molecular complexity index is 964. The predicted molar refractivity (Wildman–Crippen MR) is 115 cm³/mol. The smallest absolute Gasteiger partial charge is 0.349 e. The van der Waals surface area contributed by atoms with E-state index in [9.17, 15) is 14.4 Å². The molecule has 1 unspecified atom stereocenters. The summed E-state index contributed by atoms with van der Waals surface area (Å²) in [5.74, 6) is -1.51. The molecule has 31 heavy (non-hydrogen) atoms. The summed E-state index contributed by atoms with van der Waals surface area (Å²) in [6.45, 7) is 10.5. The van der Waals surface area contributed by atoms with Crippen LogP contribution in [0.4, 0.5) is 0 Å². The van der Waals surface area contributed by atoms with Crippen molar-refractivity contribution in [1.82, 2.24) is 0 Å². The molecule has 0 aromatic heterocycles. The molecule has 2 aromatic carbocycles. The maximum absolute atomic E-state index is 13.9. The molecular formula is C25H28O6. The Balaban J connectivity index is 2.34. The van der Waals surface area contributed by atoms with E-state index in [1.165, 1.54) is 0 Å². The standard InChI is InChI=1S/C25H28O6/c1-23(2,3)30-21(27)20(29-15-26)25(22(28)31-24(4,5)6)18-13-9-7-11-16(18)17-12-8-10-14-19(17)25/h7-15,20H,1-6H3. The van der Waals surface area contributed by atoms with Gasteiger partial charge in [0.1, 0.15) is 11.2 Å². The Morgan fingerprint density at radius 1 is 0.806 bits per heavy atom. The second-order valence-electron chi connectivity index (χ2n) is 9.55. The van der Waals surface area contributed by atoms with Gasteiger partial charge in [-0.3, -0.25) is 9.59 Å². The van der Waals surface area contributed by atoms with Crippen LogP contribution in [0.1, 0.15) is 52.7 Å². The molecular weight excluding hydrogens is 396 g/mol. The zero-order valence-corrected chi connectivity index (χ0v) is 18.7. The minimum atomic E-state index is -1.70. The van der Waals surface area contributed by atoms with Crippen LogP contribution in [0.3, 0.4) is 0 Å². The molecule has 0 N–H and O–H groups in total. The summed E-state index contributed by atoms with van der Waals surface area (Å²) in [6, 6.07) is 14.5. The molecule has 0 spiro atoms. The van der Waals surface area contributed by atoms with E-state index in [0.717, 1.165) is 11.1 Å². The van der Waals surface area contributed by atoms with E-state index in [-0.39, 0.29) is 6.47 Å². The fourth-order valence-corrected chi connectivity index (χ4v) is 3.98. The summed E-state index contributed by atoms with van der Waals surface area (Å²) in [4.78, 5) is 38.7. The van der Waals surface area contributed by atoms with Gasteiger partial charge < -0.3 is 14.2 Å². The number of hydrogen-bond donors (Lipinski definition) is 0. The van der Waals surface area contributed by atoms with Crippen LogP contribution in [-0.2, 0) is 34.0 Å². The molecule has 0 amide bonds. The van der Waals surface area contributed by atoms with Crippen LogP contribution >= 0.6 is 0 Å². The average molecular weight is 424 g/mol. The lowest BCUT2D eigenvalue weighted by molar-refractivity contribution is -0.184. The fraction of sp³-hybridized carbons (Fsp3) is 0.400. The van der Waals surface area contributed by atoms with Gasteiger partial charge in [-0.15, -0.1) is 0 Å². The first-order valence-electron chi connectivity index (χ1n) is 10.2. The van der Waals surface area contributed by atoms with Crippen LogP contribution in [0.5, 0.6) is 0 Å². The molecule has 6 heteroatoms. The van der Waals surface area contributed by atoms with Crippen LogP contribution in [0.25, 0.3) is 11.1 Å². The van der Waals surface area contributed by atoms with E-state index >= 15 is 0 Å². The molecule has 0 saturated heterocycles. The SMILES string of the molecule is CC(C)(C)OC(=O)C(OC=O)C1(C(=O)OC(C)(C)C)c2ccccc2-c2ccccc21. The normalized spacial score (nSPS) is 15.3. The van der Waals surface area contributed by atoms with E-state index < -0.39 is 34.7 Å². The van der Waals surface area contributed by atoms with Gasteiger partial charge in [0.25, 0.3) is 6.47 Å². The Morgan fingerprint density at radius 3 is 1.68 bits per heavy atom. The van der Waals surface area contributed by atoms with Gasteiger partial charge in [-0.05, 0) is 63.8 Å². The summed E-state index contributed by atoms with van der Waals surface area (Å²) >= 11 is 0. The minimum absolute atomic E-state index is 0.171. The van der Waals surface area contributed by atoms with E-state index in [1.54, 1.807) is 65.8 Å². The quantitative estimate of drug-likeness (QED) is 0.407. The summed E-state index contributed by atoms with van der Waals surface area (Å²) in [6.07, 6.45) is -1.57. The number of rotatable bonds is 5. The number of carbonyl (C=O) groups excluding carboxylic acids is 3. The maximum atomic E-state index is 13.9. The second-order valence-corrected chi connectivity index (χ2v) is 9.55. The van der Waals surface area contributed by atoms with E-state index in [0.29, 0.717) is 11.1 Å². The van der Waals surface area contributed by atoms with Crippen molar-refractivity contribution in [2.75, 3.05) is 0 Å². The van der Waals surface area contributed by atoms with Gasteiger partial charge in [0.15, 0.2) is 5.41 Å². The van der Waals surface area contributed by atoms with Gasteiger partial charge in [0.2, 0.25) is 6.10 Å². The third-order valence-corrected chi connectivity index (χ3v) is 4.92. The van der Waals surface area contributed by atoms with E-state index in [4.69, 9.17) is 14.2 Å². The lowest BCUT2D eigenvalue weighted by atomic mass is 9.73. The lowest BCUT2D eigenvalue weighted by Gasteiger charge is -2.37. The molecule has 0 aliphatic heterocycles. The highest BCUT2D eigenvalue weighted by Crippen LogP contribution is 2.52. The van der Waals surface area contributed by atoms with Gasteiger partial charge in [-0.25, -0.2) is 4.79 Å². The van der Waals surface area contributed by atoms with Crippen molar-refractivity contribution in [2.24, 2.45) is 0 Å². The Labute approximate surface area is 182 Å². The summed E-state index contributed by atoms with van der Waals surface area (Å²) in [7, 11) is 0. The molecule has 3 rings (SSSR count). The molecule has 6 nitrogen and oxygen atoms in total. The first kappa shape index (κ1) is 22.5. The van der Waals surface area contributed by atoms with Crippen LogP contribution in [0.15, 0.2) is 48.5 Å². The van der Waals surface area contributed by atoms with Crippen LogP contribution in [0.2, 0.25) is 0 Å². The van der Waals surface area contributed by atoms with Crippen molar-refractivity contribution in [3.8, 4) is 11.1 Å². The number of esters is 2. The molecule has 0 fully saturated rings.